The molecule has 96 valence electrons. The Kier molecular flexibility index (Phi) is 6.08. The van der Waals surface area contributed by atoms with Crippen LogP contribution >= 0.6 is 11.6 Å². The number of halogens is 1. The van der Waals surface area contributed by atoms with Crippen LogP contribution in [0.4, 0.5) is 0 Å². The summed E-state index contributed by atoms with van der Waals surface area (Å²) in [6.07, 6.45) is 1.66. The number of quaternary nitrogens is 1. The minimum atomic E-state index is -0.144. The molecule has 4 nitrogen and oxygen atoms in total. The normalized spacial score (nSPS) is 12.7. The van der Waals surface area contributed by atoms with Crippen LogP contribution in [0.25, 0.3) is 0 Å². The Morgan fingerprint density at radius 2 is 2.24 bits per heavy atom. The average molecular weight is 260 g/mol. The zero-order chi connectivity index (χ0) is 12.7. The summed E-state index contributed by atoms with van der Waals surface area (Å²) in [6, 6.07) is 3.96. The highest BCUT2D eigenvalue weighted by atomic mass is 35.5. The van der Waals surface area contributed by atoms with E-state index in [4.69, 9.17) is 16.0 Å². The molecule has 0 fully saturated rings. The summed E-state index contributed by atoms with van der Waals surface area (Å²) >= 11 is 5.47. The van der Waals surface area contributed by atoms with E-state index in [0.29, 0.717) is 6.54 Å². The quantitative estimate of drug-likeness (QED) is 0.705. The van der Waals surface area contributed by atoms with Gasteiger partial charge >= 0.3 is 0 Å². The van der Waals surface area contributed by atoms with Crippen LogP contribution in [0.2, 0.25) is 0 Å². The molecule has 1 amide bonds. The monoisotopic (exact) mass is 259 g/mol. The Labute approximate surface area is 107 Å². The second kappa shape index (κ2) is 7.35. The third kappa shape index (κ3) is 4.06. The number of carbonyl (C=O) groups is 1. The molecule has 1 rings (SSSR count). The van der Waals surface area contributed by atoms with Gasteiger partial charge in [-0.05, 0) is 26.0 Å². The van der Waals surface area contributed by atoms with Crippen LogP contribution in [-0.4, -0.2) is 31.4 Å². The van der Waals surface area contributed by atoms with Gasteiger partial charge in [0.25, 0.3) is 0 Å². The lowest BCUT2D eigenvalue weighted by Gasteiger charge is -2.25. The van der Waals surface area contributed by atoms with Crippen LogP contribution in [-0.2, 0) is 4.79 Å². The van der Waals surface area contributed by atoms with Gasteiger partial charge in [-0.1, -0.05) is 0 Å². The van der Waals surface area contributed by atoms with Crippen molar-refractivity contribution in [2.75, 3.05) is 25.5 Å². The average Bonchev–Trinajstić information content (AvgIpc) is 2.87. The molecule has 2 N–H and O–H groups in total. The maximum atomic E-state index is 11.2. The summed E-state index contributed by atoms with van der Waals surface area (Å²) in [5, 5.41) is 2.82. The van der Waals surface area contributed by atoms with Gasteiger partial charge in [-0.25, -0.2) is 0 Å². The Hall–Kier alpha value is -1.00. The number of hydrogen-bond acceptors (Lipinski definition) is 2. The van der Waals surface area contributed by atoms with Crippen LogP contribution in [0.5, 0.6) is 0 Å². The summed E-state index contributed by atoms with van der Waals surface area (Å²) in [7, 11) is 0. The first-order valence-electron chi connectivity index (χ1n) is 5.93. The number of hydrogen-bond donors (Lipinski definition) is 2. The maximum Gasteiger partial charge on any atom is 0.235 e. The van der Waals surface area contributed by atoms with Gasteiger partial charge in [0, 0.05) is 0 Å². The van der Waals surface area contributed by atoms with E-state index >= 15 is 0 Å². The summed E-state index contributed by atoms with van der Waals surface area (Å²) < 4.78 is 5.44. The molecule has 0 bridgehead atoms. The number of alkyl halides is 1. The van der Waals surface area contributed by atoms with Crippen molar-refractivity contribution in [1.29, 1.82) is 0 Å². The molecular formula is C12H20ClN2O2+. The zero-order valence-corrected chi connectivity index (χ0v) is 11.1. The molecule has 1 atom stereocenters. The molecule has 0 spiro atoms. The van der Waals surface area contributed by atoms with Gasteiger partial charge in [0.1, 0.15) is 5.88 Å². The van der Waals surface area contributed by atoms with E-state index in [-0.39, 0.29) is 17.8 Å². The Balaban J connectivity index is 2.69. The fourth-order valence-corrected chi connectivity index (χ4v) is 2.04. The molecule has 0 aliphatic rings. The van der Waals surface area contributed by atoms with Gasteiger partial charge in [-0.3, -0.25) is 4.79 Å². The Morgan fingerprint density at radius 3 is 2.71 bits per heavy atom. The Bertz CT molecular complexity index is 323. The molecule has 17 heavy (non-hydrogen) atoms. The third-order valence-corrected chi connectivity index (χ3v) is 3.16. The standard InChI is InChI=1S/C12H19ClN2O2/c1-3-15(4-2)10(9-14-12(16)8-13)11-6-5-7-17-11/h5-7,10H,3-4,8-9H2,1-2H3,(H,14,16)/p+1/t10-/m0/s1. The molecule has 1 heterocycles. The van der Waals surface area contributed by atoms with Gasteiger partial charge in [-0.2, -0.15) is 0 Å². The molecule has 0 aromatic carbocycles. The fourth-order valence-electron chi connectivity index (χ4n) is 1.94. The van der Waals surface area contributed by atoms with E-state index in [1.54, 1.807) is 6.26 Å². The molecule has 5 heteroatoms. The van der Waals surface area contributed by atoms with Crippen molar-refractivity contribution in [1.82, 2.24) is 5.32 Å². The lowest BCUT2D eigenvalue weighted by Crippen LogP contribution is -3.12. The molecule has 0 saturated carbocycles. The predicted octanol–water partition coefficient (Wildman–Crippen LogP) is 0.600. The van der Waals surface area contributed by atoms with E-state index in [9.17, 15) is 4.79 Å². The number of furan rings is 1. The first-order chi connectivity index (χ1) is 8.22. The molecule has 1 aromatic rings. The largest absolute Gasteiger partial charge is 0.463 e. The van der Waals surface area contributed by atoms with Gasteiger partial charge in [0.2, 0.25) is 5.91 Å². The lowest BCUT2D eigenvalue weighted by molar-refractivity contribution is -0.928. The van der Waals surface area contributed by atoms with Crippen LogP contribution in [0.1, 0.15) is 25.6 Å². The number of rotatable bonds is 7. The van der Waals surface area contributed by atoms with E-state index in [1.807, 2.05) is 12.1 Å². The molecule has 0 saturated heterocycles. The topological polar surface area (TPSA) is 46.7 Å². The van der Waals surface area contributed by atoms with Crippen molar-refractivity contribution < 1.29 is 14.1 Å². The van der Waals surface area contributed by atoms with E-state index in [1.165, 1.54) is 4.90 Å². The van der Waals surface area contributed by atoms with Crippen molar-refractivity contribution in [2.24, 2.45) is 0 Å². The molecule has 0 radical (unpaired) electrons. The summed E-state index contributed by atoms with van der Waals surface area (Å²) in [5.41, 5.74) is 0. The SMILES string of the molecule is CC[NH+](CC)[C@@H](CNC(=O)CCl)c1ccco1. The summed E-state index contributed by atoms with van der Waals surface area (Å²) in [4.78, 5) is 12.6. The summed E-state index contributed by atoms with van der Waals surface area (Å²) in [6.45, 7) is 6.77. The molecular weight excluding hydrogens is 240 g/mol. The highest BCUT2D eigenvalue weighted by Gasteiger charge is 2.24. The predicted molar refractivity (Wildman–Crippen MR) is 67.2 cm³/mol. The molecule has 0 aliphatic heterocycles. The van der Waals surface area contributed by atoms with E-state index in [0.717, 1.165) is 18.8 Å². The molecule has 1 aromatic heterocycles. The lowest BCUT2D eigenvalue weighted by atomic mass is 10.2. The highest BCUT2D eigenvalue weighted by molar-refractivity contribution is 6.27. The van der Waals surface area contributed by atoms with Crippen LogP contribution in [0.15, 0.2) is 22.8 Å². The second-order valence-corrected chi connectivity index (χ2v) is 4.14. The Morgan fingerprint density at radius 1 is 1.53 bits per heavy atom. The number of carbonyl (C=O) groups excluding carboxylic acids is 1. The number of nitrogens with one attached hydrogen (secondary N) is 2. The van der Waals surface area contributed by atoms with Gasteiger partial charge < -0.3 is 14.6 Å². The van der Waals surface area contributed by atoms with Crippen molar-refractivity contribution in [2.45, 2.75) is 19.9 Å². The number of amides is 1. The van der Waals surface area contributed by atoms with Crippen molar-refractivity contribution >= 4 is 17.5 Å². The van der Waals surface area contributed by atoms with Crippen molar-refractivity contribution in [3.8, 4) is 0 Å². The number of likely N-dealkylation sites (N-methyl/N-ethyl adjacent to an activating group) is 1. The minimum Gasteiger partial charge on any atom is -0.463 e. The first-order valence-corrected chi connectivity index (χ1v) is 6.47. The van der Waals surface area contributed by atoms with E-state index in [2.05, 4.69) is 19.2 Å². The summed E-state index contributed by atoms with van der Waals surface area (Å²) in [5.74, 6) is 0.756. The van der Waals surface area contributed by atoms with Crippen LogP contribution < -0.4 is 10.2 Å². The first kappa shape index (κ1) is 14.1. The van der Waals surface area contributed by atoms with Crippen LogP contribution in [0.3, 0.4) is 0 Å². The third-order valence-electron chi connectivity index (χ3n) is 2.91. The van der Waals surface area contributed by atoms with Crippen molar-refractivity contribution in [3.05, 3.63) is 24.2 Å². The molecule has 0 aliphatic carbocycles. The van der Waals surface area contributed by atoms with Crippen LogP contribution in [0, 0.1) is 0 Å². The van der Waals surface area contributed by atoms with E-state index < -0.39 is 0 Å². The highest BCUT2D eigenvalue weighted by Crippen LogP contribution is 2.09. The fraction of sp³-hybridized carbons (Fsp3) is 0.583. The second-order valence-electron chi connectivity index (χ2n) is 3.87. The zero-order valence-electron chi connectivity index (χ0n) is 10.3. The smallest absolute Gasteiger partial charge is 0.235 e. The van der Waals surface area contributed by atoms with Gasteiger partial charge in [0.05, 0.1) is 25.9 Å². The molecule has 0 unspecified atom stereocenters. The van der Waals surface area contributed by atoms with Crippen molar-refractivity contribution in [3.63, 3.8) is 0 Å². The van der Waals surface area contributed by atoms with Gasteiger partial charge in [-0.15, -0.1) is 11.6 Å². The van der Waals surface area contributed by atoms with Gasteiger partial charge in [0.15, 0.2) is 11.8 Å². The minimum absolute atomic E-state index is 0.00153. The maximum absolute atomic E-state index is 11.2.